The summed E-state index contributed by atoms with van der Waals surface area (Å²) in [5.74, 6) is 0.196. The topological polar surface area (TPSA) is 59.0 Å². The third-order valence-electron chi connectivity index (χ3n) is 4.30. The minimum Gasteiger partial charge on any atom is -0.323 e. The highest BCUT2D eigenvalue weighted by Gasteiger charge is 2.34. The number of amides is 1. The lowest BCUT2D eigenvalue weighted by molar-refractivity contribution is -0.142. The quantitative estimate of drug-likeness (QED) is 0.876. The highest BCUT2D eigenvalue weighted by atomic mass is 35.5. The van der Waals surface area contributed by atoms with Crippen LogP contribution in [-0.4, -0.2) is 33.9 Å². The predicted molar refractivity (Wildman–Crippen MR) is 81.4 cm³/mol. The molecule has 0 saturated carbocycles. The van der Waals surface area contributed by atoms with Gasteiger partial charge in [-0.25, -0.2) is 0 Å². The number of nitrogens with zero attached hydrogens (tertiary/aromatic N) is 2. The average Bonchev–Trinajstić information content (AvgIpc) is 2.94. The SMILES string of the molecule is Cl.O=C(CC1CC2CCC(C1)N2)Nc1cnn(CC(F)(F)F)c1. The van der Waals surface area contributed by atoms with Gasteiger partial charge in [-0.2, -0.15) is 18.3 Å². The summed E-state index contributed by atoms with van der Waals surface area (Å²) in [6.07, 6.45) is 2.89. The van der Waals surface area contributed by atoms with Crippen molar-refractivity contribution >= 4 is 24.0 Å². The van der Waals surface area contributed by atoms with Gasteiger partial charge in [-0.05, 0) is 31.6 Å². The Morgan fingerprint density at radius 2 is 2.00 bits per heavy atom. The maximum atomic E-state index is 12.2. The van der Waals surface area contributed by atoms with Gasteiger partial charge in [0.1, 0.15) is 6.54 Å². The van der Waals surface area contributed by atoms with E-state index in [0.717, 1.165) is 17.5 Å². The second-order valence-electron chi connectivity index (χ2n) is 6.27. The maximum absolute atomic E-state index is 12.2. The third kappa shape index (κ3) is 5.10. The summed E-state index contributed by atoms with van der Waals surface area (Å²) in [5, 5.41) is 9.76. The van der Waals surface area contributed by atoms with Crippen LogP contribution in [0.15, 0.2) is 12.4 Å². The Balaban J connectivity index is 0.00000192. The van der Waals surface area contributed by atoms with E-state index in [-0.39, 0.29) is 18.3 Å². The molecule has 3 heterocycles. The minimum atomic E-state index is -4.32. The van der Waals surface area contributed by atoms with Gasteiger partial charge < -0.3 is 10.6 Å². The second-order valence-corrected chi connectivity index (χ2v) is 6.27. The Morgan fingerprint density at radius 1 is 1.35 bits per heavy atom. The van der Waals surface area contributed by atoms with Crippen molar-refractivity contribution in [3.05, 3.63) is 12.4 Å². The van der Waals surface area contributed by atoms with Crippen LogP contribution in [0.5, 0.6) is 0 Å². The molecule has 2 aliphatic rings. The number of carbonyl (C=O) groups is 1. The Morgan fingerprint density at radius 3 is 2.61 bits per heavy atom. The van der Waals surface area contributed by atoms with Crippen molar-refractivity contribution in [3.63, 3.8) is 0 Å². The van der Waals surface area contributed by atoms with Gasteiger partial charge in [-0.1, -0.05) is 0 Å². The molecule has 2 aliphatic heterocycles. The molecule has 2 unspecified atom stereocenters. The fourth-order valence-corrected chi connectivity index (χ4v) is 3.51. The second kappa shape index (κ2) is 7.09. The van der Waals surface area contributed by atoms with E-state index in [9.17, 15) is 18.0 Å². The molecule has 2 fully saturated rings. The summed E-state index contributed by atoms with van der Waals surface area (Å²) in [7, 11) is 0. The first-order valence-electron chi connectivity index (χ1n) is 7.52. The molecule has 2 atom stereocenters. The Hall–Kier alpha value is -1.28. The lowest BCUT2D eigenvalue weighted by Crippen LogP contribution is -2.39. The van der Waals surface area contributed by atoms with Crippen molar-refractivity contribution in [3.8, 4) is 0 Å². The zero-order chi connectivity index (χ0) is 15.7. The highest BCUT2D eigenvalue weighted by Crippen LogP contribution is 2.32. The molecule has 130 valence electrons. The van der Waals surface area contributed by atoms with E-state index in [2.05, 4.69) is 15.7 Å². The largest absolute Gasteiger partial charge is 0.408 e. The Labute approximate surface area is 138 Å². The number of anilines is 1. The molecule has 5 nitrogen and oxygen atoms in total. The van der Waals surface area contributed by atoms with Gasteiger partial charge in [0, 0.05) is 24.7 Å². The first-order valence-corrected chi connectivity index (χ1v) is 7.52. The predicted octanol–water partition coefficient (Wildman–Crippen LogP) is 2.73. The molecule has 0 aromatic carbocycles. The van der Waals surface area contributed by atoms with E-state index in [0.29, 0.717) is 30.1 Å². The van der Waals surface area contributed by atoms with Gasteiger partial charge in [-0.15, -0.1) is 12.4 Å². The zero-order valence-corrected chi connectivity index (χ0v) is 13.3. The molecule has 2 saturated heterocycles. The summed E-state index contributed by atoms with van der Waals surface area (Å²) in [6.45, 7) is -1.15. The third-order valence-corrected chi connectivity index (χ3v) is 4.30. The van der Waals surface area contributed by atoms with Crippen molar-refractivity contribution in [2.75, 3.05) is 5.32 Å². The fourth-order valence-electron chi connectivity index (χ4n) is 3.51. The minimum absolute atomic E-state index is 0. The molecule has 9 heteroatoms. The molecule has 1 amide bonds. The summed E-state index contributed by atoms with van der Waals surface area (Å²) < 4.78 is 37.5. The van der Waals surface area contributed by atoms with Crippen molar-refractivity contribution < 1.29 is 18.0 Å². The summed E-state index contributed by atoms with van der Waals surface area (Å²) in [4.78, 5) is 12.0. The first-order chi connectivity index (χ1) is 10.4. The molecule has 0 radical (unpaired) electrons. The fraction of sp³-hybridized carbons (Fsp3) is 0.714. The number of nitrogens with one attached hydrogen (secondary N) is 2. The van der Waals surface area contributed by atoms with Gasteiger partial charge in [0.15, 0.2) is 0 Å². The standard InChI is InChI=1S/C14H19F3N4O.ClH/c15-14(16,17)8-21-7-12(6-18-21)20-13(22)5-9-3-10-1-2-11(4-9)19-10;/h6-7,9-11,19H,1-5,8H2,(H,20,22);1H. The van der Waals surface area contributed by atoms with Crippen LogP contribution in [0.2, 0.25) is 0 Å². The van der Waals surface area contributed by atoms with E-state index in [4.69, 9.17) is 0 Å². The number of fused-ring (bicyclic) bond motifs is 2. The van der Waals surface area contributed by atoms with Crippen LogP contribution >= 0.6 is 12.4 Å². The molecule has 0 spiro atoms. The summed E-state index contributed by atoms with van der Waals surface area (Å²) in [6, 6.07) is 1.04. The number of alkyl halides is 3. The molecular formula is C14H20ClF3N4O. The van der Waals surface area contributed by atoms with Crippen LogP contribution in [0.1, 0.15) is 32.1 Å². The molecule has 3 rings (SSSR count). The van der Waals surface area contributed by atoms with E-state index in [1.54, 1.807) is 0 Å². The van der Waals surface area contributed by atoms with Gasteiger partial charge in [-0.3, -0.25) is 9.48 Å². The van der Waals surface area contributed by atoms with Gasteiger partial charge >= 0.3 is 6.18 Å². The molecule has 1 aromatic rings. The molecule has 0 aliphatic carbocycles. The van der Waals surface area contributed by atoms with Gasteiger partial charge in [0.05, 0.1) is 11.9 Å². The Bertz CT molecular complexity index is 536. The number of hydrogen-bond acceptors (Lipinski definition) is 3. The van der Waals surface area contributed by atoms with Crippen LogP contribution in [0.25, 0.3) is 0 Å². The summed E-state index contributed by atoms with van der Waals surface area (Å²) >= 11 is 0. The normalized spacial score (nSPS) is 26.7. The number of carbonyl (C=O) groups excluding carboxylic acids is 1. The van der Waals surface area contributed by atoms with E-state index >= 15 is 0 Å². The number of hydrogen-bond donors (Lipinski definition) is 2. The maximum Gasteiger partial charge on any atom is 0.408 e. The van der Waals surface area contributed by atoms with Crippen molar-refractivity contribution in [1.82, 2.24) is 15.1 Å². The van der Waals surface area contributed by atoms with E-state index < -0.39 is 12.7 Å². The number of aromatic nitrogens is 2. The van der Waals surface area contributed by atoms with E-state index in [1.165, 1.54) is 25.2 Å². The number of halogens is 4. The number of rotatable bonds is 4. The smallest absolute Gasteiger partial charge is 0.323 e. The van der Waals surface area contributed by atoms with Crippen LogP contribution in [0, 0.1) is 5.92 Å². The zero-order valence-electron chi connectivity index (χ0n) is 12.5. The van der Waals surface area contributed by atoms with Crippen LogP contribution in [-0.2, 0) is 11.3 Å². The van der Waals surface area contributed by atoms with Gasteiger partial charge in [0.2, 0.25) is 5.91 Å². The van der Waals surface area contributed by atoms with Crippen LogP contribution in [0.4, 0.5) is 18.9 Å². The molecule has 2 bridgehead atoms. The van der Waals surface area contributed by atoms with Crippen LogP contribution < -0.4 is 10.6 Å². The first kappa shape index (κ1) is 18.1. The van der Waals surface area contributed by atoms with Crippen molar-refractivity contribution in [1.29, 1.82) is 0 Å². The van der Waals surface area contributed by atoms with Crippen molar-refractivity contribution in [2.45, 2.75) is 56.9 Å². The molecule has 23 heavy (non-hydrogen) atoms. The summed E-state index contributed by atoms with van der Waals surface area (Å²) in [5.41, 5.74) is 0.311. The van der Waals surface area contributed by atoms with E-state index in [1.807, 2.05) is 0 Å². The highest BCUT2D eigenvalue weighted by molar-refractivity contribution is 5.90. The van der Waals surface area contributed by atoms with Crippen molar-refractivity contribution in [2.24, 2.45) is 5.92 Å². The Kier molecular flexibility index (Phi) is 5.57. The lowest BCUT2D eigenvalue weighted by atomic mass is 9.89. The monoisotopic (exact) mass is 352 g/mol. The van der Waals surface area contributed by atoms with Crippen LogP contribution in [0.3, 0.4) is 0 Å². The van der Waals surface area contributed by atoms with Gasteiger partial charge in [0.25, 0.3) is 0 Å². The molecule has 2 N–H and O–H groups in total. The lowest BCUT2D eigenvalue weighted by Gasteiger charge is -2.28. The number of piperidine rings is 1. The molecule has 1 aromatic heterocycles. The average molecular weight is 353 g/mol. The molecular weight excluding hydrogens is 333 g/mol.